The van der Waals surface area contributed by atoms with Crippen LogP contribution in [-0.2, 0) is 27.5 Å². The van der Waals surface area contributed by atoms with E-state index in [9.17, 15) is 18.4 Å². The Labute approximate surface area is 469 Å². The second-order valence-electron chi connectivity index (χ2n) is 20.6. The van der Waals surface area contributed by atoms with Crippen molar-refractivity contribution < 1.29 is 27.8 Å². The highest BCUT2D eigenvalue weighted by molar-refractivity contribution is 7.78. The highest BCUT2D eigenvalue weighted by Gasteiger charge is 2.19. The van der Waals surface area contributed by atoms with Gasteiger partial charge in [-0.05, 0) is 134 Å². The SMILES string of the molecule is CC(C)(C)c1ccc(F)c(N=C=S)c1.CCCN(CC)CC(=O)Nc1cc(Oc2ccc(NC)c(N)c2)ccn1.CCCN(CC)CC(=O)Nc1cc(Oc2ccc3c(c2)nc(Nc2cc(C(C)(C)C)ccc2F)n3C)ccn1. The zero-order valence-corrected chi connectivity index (χ0v) is 48.4. The lowest BCUT2D eigenvalue weighted by Crippen LogP contribution is -2.33. The van der Waals surface area contributed by atoms with E-state index in [-0.39, 0.29) is 40.0 Å². The van der Waals surface area contributed by atoms with Gasteiger partial charge >= 0.3 is 0 Å². The molecule has 0 bridgehead atoms. The van der Waals surface area contributed by atoms with Gasteiger partial charge in [-0.15, -0.1) is 0 Å². The normalized spacial score (nSPS) is 11.2. The van der Waals surface area contributed by atoms with Crippen LogP contribution in [0.5, 0.6) is 23.0 Å². The summed E-state index contributed by atoms with van der Waals surface area (Å²) >= 11 is 4.45. The van der Waals surface area contributed by atoms with Crippen molar-refractivity contribution in [2.75, 3.05) is 73.3 Å². The predicted octanol–water partition coefficient (Wildman–Crippen LogP) is 13.6. The lowest BCUT2D eigenvalue weighted by Gasteiger charge is -2.20. The summed E-state index contributed by atoms with van der Waals surface area (Å²) in [6, 6.07) is 27.8. The largest absolute Gasteiger partial charge is 0.457 e. The fraction of sp³-hybridized carbons (Fsp3) is 0.367. The number of hydrogen-bond donors (Lipinski definition) is 5. The number of pyridine rings is 2. The molecule has 0 aliphatic rings. The van der Waals surface area contributed by atoms with E-state index in [4.69, 9.17) is 15.2 Å². The van der Waals surface area contributed by atoms with Crippen LogP contribution in [0.1, 0.15) is 93.2 Å². The van der Waals surface area contributed by atoms with Crippen LogP contribution in [0.4, 0.5) is 49.1 Å². The highest BCUT2D eigenvalue weighted by Crippen LogP contribution is 2.33. The number of rotatable bonds is 20. The number of nitrogens with two attached hydrogens (primary N) is 1. The Bertz CT molecular complexity index is 3210. The van der Waals surface area contributed by atoms with E-state index in [2.05, 4.69) is 124 Å². The Morgan fingerprint density at radius 1 is 0.684 bits per heavy atom. The fourth-order valence-electron chi connectivity index (χ4n) is 7.97. The Morgan fingerprint density at radius 3 is 1.68 bits per heavy atom. The molecular formula is C60H76F2N12O4S. The third kappa shape index (κ3) is 19.0. The van der Waals surface area contributed by atoms with Crippen LogP contribution in [0.2, 0.25) is 0 Å². The average Bonchev–Trinajstić information content (AvgIpc) is 3.73. The maximum absolute atomic E-state index is 14.6. The fourth-order valence-corrected chi connectivity index (χ4v) is 8.07. The molecule has 0 saturated carbocycles. The minimum Gasteiger partial charge on any atom is -0.457 e. The second kappa shape index (κ2) is 29.2. The van der Waals surface area contributed by atoms with E-state index in [0.717, 1.165) is 61.4 Å². The third-order valence-electron chi connectivity index (χ3n) is 12.4. The zero-order valence-electron chi connectivity index (χ0n) is 47.6. The average molecular weight is 1100 g/mol. The smallest absolute Gasteiger partial charge is 0.239 e. The molecule has 0 radical (unpaired) electrons. The summed E-state index contributed by atoms with van der Waals surface area (Å²) in [6.45, 7) is 24.8. The number of aryl methyl sites for hydroxylation is 1. The molecule has 0 saturated heterocycles. The first-order chi connectivity index (χ1) is 37.6. The van der Waals surface area contributed by atoms with Gasteiger partial charge in [0.05, 0.1) is 46.3 Å². The Morgan fingerprint density at radius 2 is 1.19 bits per heavy atom. The number of aromatic nitrogens is 4. The van der Waals surface area contributed by atoms with E-state index < -0.39 is 0 Å². The molecule has 3 heterocycles. The van der Waals surface area contributed by atoms with Crippen LogP contribution in [0.3, 0.4) is 0 Å². The number of isothiocyanates is 1. The van der Waals surface area contributed by atoms with Crippen molar-refractivity contribution in [1.82, 2.24) is 29.3 Å². The number of nitrogens with one attached hydrogen (secondary N) is 4. The van der Waals surface area contributed by atoms with Gasteiger partial charge in [0.25, 0.3) is 0 Å². The third-order valence-corrected chi connectivity index (χ3v) is 12.5. The molecule has 7 rings (SSSR count). The first kappa shape index (κ1) is 62.0. The van der Waals surface area contributed by atoms with Crippen LogP contribution in [-0.4, -0.2) is 92.6 Å². The van der Waals surface area contributed by atoms with Crippen molar-refractivity contribution >= 4 is 80.6 Å². The van der Waals surface area contributed by atoms with Crippen LogP contribution in [0, 0.1) is 11.6 Å². The number of fused-ring (bicyclic) bond motifs is 1. The molecule has 0 unspecified atom stereocenters. The number of benzene rings is 4. The van der Waals surface area contributed by atoms with E-state index in [1.165, 1.54) is 12.1 Å². The predicted molar refractivity (Wildman–Crippen MR) is 320 cm³/mol. The standard InChI is InChI=1S/C30H37FN6O2.C19H27N5O2.C11H12FNS/c1-7-15-37(8-2)19-28(38)35-27-18-22(13-14-32-27)39-21-10-12-26-25(17-21)34-29(36(26)6)33-24-16-20(30(3,4)5)9-11-23(24)31;1-4-10-24(5-2)13-19(25)23-18-12-15(8-9-22-18)26-14-6-7-17(21-3)16(20)11-14;1-11(2,3)8-4-5-9(12)10(6-8)13-7-14/h9-14,16-18H,7-8,15,19H2,1-6H3,(H,33,34)(H,32,35,38);6-9,11-12,21H,4-5,10,13,20H2,1-3H3,(H,22,23,25);4-6H,1-3H3. The van der Waals surface area contributed by atoms with Gasteiger partial charge in [-0.2, -0.15) is 4.99 Å². The van der Waals surface area contributed by atoms with Gasteiger partial charge in [0.1, 0.15) is 52.0 Å². The first-order valence-corrected chi connectivity index (χ1v) is 26.8. The number of carbonyl (C=O) groups excluding carboxylic acids is 2. The van der Waals surface area contributed by atoms with Gasteiger partial charge in [-0.3, -0.25) is 19.4 Å². The number of amides is 2. The number of ether oxygens (including phenoxy) is 2. The van der Waals surface area contributed by atoms with Crippen LogP contribution < -0.4 is 36.5 Å². The first-order valence-electron chi connectivity index (χ1n) is 26.4. The second-order valence-corrected chi connectivity index (χ2v) is 20.8. The summed E-state index contributed by atoms with van der Waals surface area (Å²) in [5.41, 5.74) is 11.5. The molecule has 0 aliphatic heterocycles. The number of nitrogens with zero attached hydrogens (tertiary/aromatic N) is 7. The summed E-state index contributed by atoms with van der Waals surface area (Å²) < 4.78 is 41.5. The van der Waals surface area contributed by atoms with Crippen LogP contribution in [0.15, 0.2) is 114 Å². The molecular weight excluding hydrogens is 1020 g/mol. The molecule has 4 aromatic carbocycles. The topological polar surface area (TPSA) is 189 Å². The Hall–Kier alpha value is -7.83. The summed E-state index contributed by atoms with van der Waals surface area (Å²) in [5, 5.41) is 14.0. The lowest BCUT2D eigenvalue weighted by atomic mass is 9.87. The summed E-state index contributed by atoms with van der Waals surface area (Å²) in [6.07, 6.45) is 5.19. The van der Waals surface area contributed by atoms with E-state index >= 15 is 0 Å². The number of likely N-dealkylation sites (N-methyl/N-ethyl adjacent to an activating group) is 2. The number of thiocarbonyl (C=S) groups is 1. The maximum Gasteiger partial charge on any atom is 0.239 e. The van der Waals surface area contributed by atoms with Gasteiger partial charge in [-0.1, -0.05) is 81.4 Å². The molecule has 16 nitrogen and oxygen atoms in total. The molecule has 0 aliphatic carbocycles. The molecule has 6 N–H and O–H groups in total. The quantitative estimate of drug-likeness (QED) is 0.0276. The summed E-state index contributed by atoms with van der Waals surface area (Å²) in [5.74, 6) is 2.80. The highest BCUT2D eigenvalue weighted by atomic mass is 32.1. The minimum absolute atomic E-state index is 0.0145. The lowest BCUT2D eigenvalue weighted by molar-refractivity contribution is -0.118. The Balaban J connectivity index is 0.000000246. The number of hydrogen-bond acceptors (Lipinski definition) is 14. The maximum atomic E-state index is 14.6. The number of nitrogen functional groups attached to an aromatic ring is 1. The molecule has 79 heavy (non-hydrogen) atoms. The minimum atomic E-state index is -0.365. The molecule has 19 heteroatoms. The van der Waals surface area contributed by atoms with Crippen LogP contribution >= 0.6 is 12.2 Å². The number of imidazole rings is 1. The molecule has 2 amide bonds. The van der Waals surface area contributed by atoms with Gasteiger partial charge in [0, 0.05) is 50.8 Å². The van der Waals surface area contributed by atoms with E-state index in [1.54, 1.807) is 60.9 Å². The molecule has 0 fully saturated rings. The van der Waals surface area contributed by atoms with Crippen molar-refractivity contribution in [2.45, 2.75) is 92.9 Å². The Kier molecular flexibility index (Phi) is 22.9. The summed E-state index contributed by atoms with van der Waals surface area (Å²) in [4.78, 5) is 45.6. The van der Waals surface area contributed by atoms with Gasteiger partial charge in [-0.25, -0.2) is 23.7 Å². The number of halogens is 2. The van der Waals surface area contributed by atoms with Crippen LogP contribution in [0.25, 0.3) is 11.0 Å². The molecule has 0 atom stereocenters. The van der Waals surface area contributed by atoms with Crippen molar-refractivity contribution in [2.24, 2.45) is 12.0 Å². The van der Waals surface area contributed by atoms with E-state index in [1.807, 2.05) is 68.9 Å². The molecule has 0 spiro atoms. The van der Waals surface area contributed by atoms with E-state index in [0.29, 0.717) is 70.6 Å². The van der Waals surface area contributed by atoms with Gasteiger partial charge < -0.3 is 41.0 Å². The van der Waals surface area contributed by atoms with Gasteiger partial charge in [0.15, 0.2) is 0 Å². The number of aliphatic imine (C=N–C) groups is 1. The summed E-state index contributed by atoms with van der Waals surface area (Å²) in [7, 11) is 3.69. The van der Waals surface area contributed by atoms with Gasteiger partial charge in [0.2, 0.25) is 17.8 Å². The van der Waals surface area contributed by atoms with Crippen molar-refractivity contribution in [3.63, 3.8) is 0 Å². The van der Waals surface area contributed by atoms with Crippen molar-refractivity contribution in [3.8, 4) is 23.0 Å². The number of anilines is 6. The number of carbonyl (C=O) groups is 2. The molecule has 3 aromatic heterocycles. The zero-order chi connectivity index (χ0) is 57.9. The molecule has 420 valence electrons. The van der Waals surface area contributed by atoms with Crippen molar-refractivity contribution in [1.29, 1.82) is 0 Å². The molecule has 7 aromatic rings. The van der Waals surface area contributed by atoms with Crippen molar-refractivity contribution in [3.05, 3.63) is 132 Å². The monoisotopic (exact) mass is 1100 g/mol.